The van der Waals surface area contributed by atoms with Gasteiger partial charge in [0.15, 0.2) is 0 Å². The zero-order valence-corrected chi connectivity index (χ0v) is 14.9. The summed E-state index contributed by atoms with van der Waals surface area (Å²) in [7, 11) is -1.84. The molecule has 0 N–H and O–H groups in total. The van der Waals surface area contributed by atoms with Crippen LogP contribution in [0.4, 0.5) is 0 Å². The van der Waals surface area contributed by atoms with E-state index in [4.69, 9.17) is 0 Å². The molecular formula is C18H21N3O3S. The summed E-state index contributed by atoms with van der Waals surface area (Å²) < 4.78 is 26.8. The highest BCUT2D eigenvalue weighted by Crippen LogP contribution is 2.22. The molecule has 6 nitrogen and oxygen atoms in total. The number of sulfonamides is 1. The van der Waals surface area contributed by atoms with Crippen molar-refractivity contribution in [1.29, 1.82) is 0 Å². The summed E-state index contributed by atoms with van der Waals surface area (Å²) in [5, 5.41) is 0. The molecule has 2 aromatic rings. The normalized spacial score (nSPS) is 15.2. The molecule has 0 bridgehead atoms. The Morgan fingerprint density at radius 2 is 1.96 bits per heavy atom. The first-order chi connectivity index (χ1) is 12.0. The van der Waals surface area contributed by atoms with Crippen molar-refractivity contribution < 1.29 is 13.2 Å². The van der Waals surface area contributed by atoms with Crippen LogP contribution in [-0.4, -0.2) is 48.7 Å². The Balaban J connectivity index is 1.79. The highest BCUT2D eigenvalue weighted by Gasteiger charge is 2.27. The Kier molecular flexibility index (Phi) is 5.15. The van der Waals surface area contributed by atoms with Gasteiger partial charge >= 0.3 is 0 Å². The summed E-state index contributed by atoms with van der Waals surface area (Å²) in [6.07, 6.45) is 5.15. The fraction of sp³-hybridized carbons (Fsp3) is 0.333. The number of nitrogens with zero attached hydrogens (tertiary/aromatic N) is 3. The summed E-state index contributed by atoms with van der Waals surface area (Å²) >= 11 is 0. The molecule has 132 valence electrons. The second-order valence-corrected chi connectivity index (χ2v) is 8.10. The molecule has 1 aliphatic heterocycles. The van der Waals surface area contributed by atoms with E-state index in [9.17, 15) is 13.2 Å². The molecule has 0 unspecified atom stereocenters. The number of rotatable bonds is 5. The van der Waals surface area contributed by atoms with Crippen LogP contribution >= 0.6 is 0 Å². The summed E-state index contributed by atoms with van der Waals surface area (Å²) in [5.74, 6) is -0.220. The summed E-state index contributed by atoms with van der Waals surface area (Å²) in [5.41, 5.74) is 1.28. The maximum atomic E-state index is 12.7. The van der Waals surface area contributed by atoms with E-state index in [1.54, 1.807) is 42.5 Å². The lowest BCUT2D eigenvalue weighted by Crippen LogP contribution is -2.29. The lowest BCUT2D eigenvalue weighted by Gasteiger charge is -2.19. The van der Waals surface area contributed by atoms with E-state index in [2.05, 4.69) is 4.98 Å². The van der Waals surface area contributed by atoms with Crippen LogP contribution in [0.1, 0.15) is 28.8 Å². The molecule has 1 aromatic heterocycles. The molecule has 3 rings (SSSR count). The van der Waals surface area contributed by atoms with Crippen LogP contribution < -0.4 is 0 Å². The van der Waals surface area contributed by atoms with Crippen LogP contribution in [0.2, 0.25) is 0 Å². The molecule has 2 heterocycles. The maximum absolute atomic E-state index is 12.7. The number of hydrogen-bond acceptors (Lipinski definition) is 4. The van der Waals surface area contributed by atoms with Gasteiger partial charge in [-0.3, -0.25) is 9.78 Å². The minimum absolute atomic E-state index is 0.176. The smallest absolute Gasteiger partial charge is 0.253 e. The predicted molar refractivity (Wildman–Crippen MR) is 94.5 cm³/mol. The Hall–Kier alpha value is -2.25. The first kappa shape index (κ1) is 17.6. The van der Waals surface area contributed by atoms with Gasteiger partial charge in [0.05, 0.1) is 4.90 Å². The number of pyridine rings is 1. The molecule has 7 heteroatoms. The lowest BCUT2D eigenvalue weighted by molar-refractivity contribution is 0.0784. The van der Waals surface area contributed by atoms with E-state index >= 15 is 0 Å². The molecule has 0 atom stereocenters. The third-order valence-corrected chi connectivity index (χ3v) is 6.17. The highest BCUT2D eigenvalue weighted by atomic mass is 32.2. The molecule has 1 saturated heterocycles. The molecule has 1 aromatic carbocycles. The van der Waals surface area contributed by atoms with Gasteiger partial charge in [0.2, 0.25) is 10.0 Å². The van der Waals surface area contributed by atoms with Crippen molar-refractivity contribution in [1.82, 2.24) is 14.2 Å². The fourth-order valence-electron chi connectivity index (χ4n) is 2.92. The average molecular weight is 359 g/mol. The van der Waals surface area contributed by atoms with Crippen molar-refractivity contribution in [3.8, 4) is 0 Å². The van der Waals surface area contributed by atoms with E-state index in [1.807, 2.05) is 12.1 Å². The molecule has 0 aliphatic carbocycles. The Morgan fingerprint density at radius 1 is 1.20 bits per heavy atom. The minimum atomic E-state index is -3.53. The third-order valence-electron chi connectivity index (χ3n) is 4.27. The van der Waals surface area contributed by atoms with Crippen molar-refractivity contribution >= 4 is 15.9 Å². The first-order valence-electron chi connectivity index (χ1n) is 8.23. The second-order valence-electron chi connectivity index (χ2n) is 6.16. The topological polar surface area (TPSA) is 70.6 Å². The number of carbonyl (C=O) groups is 1. The molecule has 0 radical (unpaired) electrons. The van der Waals surface area contributed by atoms with Gasteiger partial charge in [-0.1, -0.05) is 12.1 Å². The quantitative estimate of drug-likeness (QED) is 0.820. The Bertz CT molecular complexity index is 847. The summed E-state index contributed by atoms with van der Waals surface area (Å²) in [6.45, 7) is 1.50. The lowest BCUT2D eigenvalue weighted by atomic mass is 10.2. The Morgan fingerprint density at radius 3 is 2.64 bits per heavy atom. The number of aromatic nitrogens is 1. The van der Waals surface area contributed by atoms with Crippen LogP contribution in [0.3, 0.4) is 0 Å². The van der Waals surface area contributed by atoms with Crippen molar-refractivity contribution in [2.75, 3.05) is 20.1 Å². The van der Waals surface area contributed by atoms with E-state index in [1.165, 1.54) is 10.4 Å². The van der Waals surface area contributed by atoms with Crippen molar-refractivity contribution in [2.45, 2.75) is 24.3 Å². The third kappa shape index (κ3) is 3.88. The van der Waals surface area contributed by atoms with Gasteiger partial charge in [-0.25, -0.2) is 8.42 Å². The van der Waals surface area contributed by atoms with Crippen LogP contribution in [0.15, 0.2) is 53.7 Å². The minimum Gasteiger partial charge on any atom is -0.337 e. The van der Waals surface area contributed by atoms with E-state index < -0.39 is 10.0 Å². The van der Waals surface area contributed by atoms with Gasteiger partial charge in [0.25, 0.3) is 5.91 Å². The molecule has 1 aliphatic rings. The standard InChI is InChI=1S/C18H21N3O3S/c1-20(14-15-6-5-9-19-13-15)18(22)16-7-4-8-17(12-16)25(23,24)21-10-2-3-11-21/h4-9,12-13H,2-3,10-11,14H2,1H3. The van der Waals surface area contributed by atoms with E-state index in [0.717, 1.165) is 18.4 Å². The highest BCUT2D eigenvalue weighted by molar-refractivity contribution is 7.89. The first-order valence-corrected chi connectivity index (χ1v) is 9.67. The average Bonchev–Trinajstić information content (AvgIpc) is 3.17. The second kappa shape index (κ2) is 7.33. The van der Waals surface area contributed by atoms with Crippen molar-refractivity contribution in [2.24, 2.45) is 0 Å². The van der Waals surface area contributed by atoms with Crippen LogP contribution in [-0.2, 0) is 16.6 Å². The fourth-order valence-corrected chi connectivity index (χ4v) is 4.49. The monoisotopic (exact) mass is 359 g/mol. The Labute approximate surface area is 148 Å². The summed E-state index contributed by atoms with van der Waals surface area (Å²) in [4.78, 5) is 18.4. The molecule has 0 spiro atoms. The van der Waals surface area contributed by atoms with Gasteiger partial charge in [-0.2, -0.15) is 4.31 Å². The molecule has 1 fully saturated rings. The number of benzene rings is 1. The molecule has 1 amide bonds. The van der Waals surface area contributed by atoms with Gasteiger partial charge in [0, 0.05) is 44.6 Å². The summed E-state index contributed by atoms with van der Waals surface area (Å²) in [6, 6.07) is 9.99. The molecular weight excluding hydrogens is 338 g/mol. The molecule has 0 saturated carbocycles. The van der Waals surface area contributed by atoms with Crippen LogP contribution in [0.5, 0.6) is 0 Å². The van der Waals surface area contributed by atoms with Gasteiger partial charge < -0.3 is 4.90 Å². The number of amides is 1. The SMILES string of the molecule is CN(Cc1cccnc1)C(=O)c1cccc(S(=O)(=O)N2CCCC2)c1. The van der Waals surface area contributed by atoms with Crippen molar-refractivity contribution in [3.05, 3.63) is 59.9 Å². The maximum Gasteiger partial charge on any atom is 0.253 e. The molecule has 25 heavy (non-hydrogen) atoms. The van der Waals surface area contributed by atoms with Crippen LogP contribution in [0, 0.1) is 0 Å². The predicted octanol–water partition coefficient (Wildman–Crippen LogP) is 2.14. The van der Waals surface area contributed by atoms with Crippen molar-refractivity contribution in [3.63, 3.8) is 0 Å². The van der Waals surface area contributed by atoms with Gasteiger partial charge in [-0.15, -0.1) is 0 Å². The van der Waals surface area contributed by atoms with E-state index in [0.29, 0.717) is 25.2 Å². The van der Waals surface area contributed by atoms with Gasteiger partial charge in [-0.05, 0) is 42.7 Å². The zero-order chi connectivity index (χ0) is 17.9. The van der Waals surface area contributed by atoms with Gasteiger partial charge in [0.1, 0.15) is 0 Å². The number of carbonyl (C=O) groups excluding carboxylic acids is 1. The van der Waals surface area contributed by atoms with E-state index in [-0.39, 0.29) is 10.8 Å². The largest absolute Gasteiger partial charge is 0.337 e. The number of hydrogen-bond donors (Lipinski definition) is 0. The van der Waals surface area contributed by atoms with Crippen LogP contribution in [0.25, 0.3) is 0 Å². The zero-order valence-electron chi connectivity index (χ0n) is 14.1.